The number of aryl methyl sites for hydroxylation is 1. The minimum absolute atomic E-state index is 0.155. The van der Waals surface area contributed by atoms with E-state index in [4.69, 9.17) is 14.2 Å². The predicted molar refractivity (Wildman–Crippen MR) is 110 cm³/mol. The zero-order valence-electron chi connectivity index (χ0n) is 17.5. The first-order valence-electron chi connectivity index (χ1n) is 10.5. The molecule has 2 aromatic rings. The molecule has 5 nitrogen and oxygen atoms in total. The number of aromatic nitrogens is 2. The van der Waals surface area contributed by atoms with Crippen molar-refractivity contribution in [3.63, 3.8) is 0 Å². The molecule has 1 aromatic heterocycles. The monoisotopic (exact) mass is 386 g/mol. The lowest BCUT2D eigenvalue weighted by Gasteiger charge is -2.47. The number of hydrogen-bond donors (Lipinski definition) is 0. The summed E-state index contributed by atoms with van der Waals surface area (Å²) in [5.41, 5.74) is 1.35. The smallest absolute Gasteiger partial charge is 0.174 e. The average molecular weight is 387 g/mol. The molecule has 1 aliphatic rings. The van der Waals surface area contributed by atoms with E-state index in [1.807, 2.05) is 30.9 Å². The third kappa shape index (κ3) is 5.15. The van der Waals surface area contributed by atoms with E-state index >= 15 is 0 Å². The highest BCUT2D eigenvalue weighted by Crippen LogP contribution is 2.40. The minimum atomic E-state index is -0.593. The minimum Gasteiger partial charge on any atom is -0.497 e. The lowest BCUT2D eigenvalue weighted by Crippen LogP contribution is -2.51. The number of nitrogens with zero attached hydrogens (tertiary/aromatic N) is 2. The first kappa shape index (κ1) is 20.9. The van der Waals surface area contributed by atoms with Gasteiger partial charge in [0.15, 0.2) is 5.79 Å². The highest BCUT2D eigenvalue weighted by atomic mass is 16.7. The molecule has 0 aliphatic carbocycles. The zero-order chi connectivity index (χ0) is 19.9. The number of hydrogen-bond acceptors (Lipinski definition) is 4. The molecule has 0 spiro atoms. The molecule has 0 radical (unpaired) electrons. The third-order valence-corrected chi connectivity index (χ3v) is 5.79. The maximum atomic E-state index is 6.56. The highest BCUT2D eigenvalue weighted by molar-refractivity contribution is 5.28. The third-order valence-electron chi connectivity index (χ3n) is 5.79. The van der Waals surface area contributed by atoms with Gasteiger partial charge in [-0.05, 0) is 30.5 Å². The van der Waals surface area contributed by atoms with E-state index in [1.54, 1.807) is 7.11 Å². The van der Waals surface area contributed by atoms with Gasteiger partial charge in [-0.3, -0.25) is 0 Å². The Morgan fingerprint density at radius 3 is 2.25 bits per heavy atom. The van der Waals surface area contributed by atoms with Gasteiger partial charge >= 0.3 is 0 Å². The van der Waals surface area contributed by atoms with Gasteiger partial charge in [-0.2, -0.15) is 0 Å². The van der Waals surface area contributed by atoms with E-state index in [1.165, 1.54) is 5.56 Å². The van der Waals surface area contributed by atoms with Crippen molar-refractivity contribution in [1.29, 1.82) is 0 Å². The Morgan fingerprint density at radius 2 is 1.71 bits per heavy atom. The van der Waals surface area contributed by atoms with Crippen molar-refractivity contribution in [3.05, 3.63) is 48.5 Å². The van der Waals surface area contributed by atoms with E-state index in [2.05, 4.69) is 35.5 Å². The van der Waals surface area contributed by atoms with Crippen LogP contribution < -0.4 is 4.74 Å². The van der Waals surface area contributed by atoms with Gasteiger partial charge in [0.1, 0.15) is 5.75 Å². The Hall–Kier alpha value is -1.85. The fraction of sp³-hybridized carbons (Fsp3) is 0.609. The Kier molecular flexibility index (Phi) is 7.13. The van der Waals surface area contributed by atoms with Crippen molar-refractivity contribution < 1.29 is 14.2 Å². The van der Waals surface area contributed by atoms with Crippen molar-refractivity contribution in [2.24, 2.45) is 5.41 Å². The summed E-state index contributed by atoms with van der Waals surface area (Å²) in [6, 6.07) is 8.20. The van der Waals surface area contributed by atoms with Gasteiger partial charge in [0.05, 0.1) is 26.7 Å². The van der Waals surface area contributed by atoms with Crippen molar-refractivity contribution in [3.8, 4) is 5.75 Å². The summed E-state index contributed by atoms with van der Waals surface area (Å²) >= 11 is 0. The second-order valence-electron chi connectivity index (χ2n) is 8.06. The standard InChI is InChI=1S/C23H34N2O3/c1-4-10-22(11-5-2)17-27-23(28-18-22,12-14-25-15-13-24-19-25)16-20-6-8-21(26-3)9-7-20/h6-9,13,15,19H,4-5,10-12,14,16-18H2,1-3H3. The van der Waals surface area contributed by atoms with Gasteiger partial charge in [-0.25, -0.2) is 4.98 Å². The van der Waals surface area contributed by atoms with E-state index in [0.29, 0.717) is 0 Å². The van der Waals surface area contributed by atoms with Crippen LogP contribution >= 0.6 is 0 Å². The topological polar surface area (TPSA) is 45.5 Å². The Balaban J connectivity index is 1.74. The normalized spacial score (nSPS) is 18.1. The molecule has 0 amide bonds. The molecule has 28 heavy (non-hydrogen) atoms. The maximum absolute atomic E-state index is 6.56. The van der Waals surface area contributed by atoms with Crippen molar-refractivity contribution in [1.82, 2.24) is 9.55 Å². The predicted octanol–water partition coefficient (Wildman–Crippen LogP) is 4.85. The highest BCUT2D eigenvalue weighted by Gasteiger charge is 2.43. The van der Waals surface area contributed by atoms with Crippen LogP contribution in [0.4, 0.5) is 0 Å². The number of methoxy groups -OCH3 is 1. The van der Waals surface area contributed by atoms with Crippen molar-refractivity contribution >= 4 is 0 Å². The Bertz CT molecular complexity index is 681. The molecule has 5 heteroatoms. The second-order valence-corrected chi connectivity index (χ2v) is 8.06. The summed E-state index contributed by atoms with van der Waals surface area (Å²) in [4.78, 5) is 4.15. The van der Waals surface area contributed by atoms with Gasteiger partial charge < -0.3 is 18.8 Å². The molecule has 154 valence electrons. The van der Waals surface area contributed by atoms with E-state index in [0.717, 1.165) is 64.0 Å². The molecule has 1 aliphatic heterocycles. The SMILES string of the molecule is CCCC1(CCC)COC(CCn2ccnc2)(Cc2ccc(OC)cc2)OC1. The molecule has 1 fully saturated rings. The molecule has 0 atom stereocenters. The van der Waals surface area contributed by atoms with Crippen LogP contribution in [-0.4, -0.2) is 35.7 Å². The van der Waals surface area contributed by atoms with Crippen LogP contribution in [0.3, 0.4) is 0 Å². The van der Waals surface area contributed by atoms with E-state index in [9.17, 15) is 0 Å². The van der Waals surface area contributed by atoms with Crippen molar-refractivity contribution in [2.75, 3.05) is 20.3 Å². The zero-order valence-corrected chi connectivity index (χ0v) is 17.5. The Labute approximate surface area is 169 Å². The summed E-state index contributed by atoms with van der Waals surface area (Å²) in [5, 5.41) is 0. The first-order chi connectivity index (χ1) is 13.6. The fourth-order valence-electron chi connectivity index (χ4n) is 4.23. The van der Waals surface area contributed by atoms with Gasteiger partial charge in [0.25, 0.3) is 0 Å². The average Bonchev–Trinajstić information content (AvgIpc) is 3.24. The molecule has 0 N–H and O–H groups in total. The molecule has 0 unspecified atom stereocenters. The van der Waals surface area contributed by atoms with Crippen LogP contribution in [0.15, 0.2) is 43.0 Å². The fourth-order valence-corrected chi connectivity index (χ4v) is 4.23. The molecule has 0 saturated carbocycles. The first-order valence-corrected chi connectivity index (χ1v) is 10.5. The largest absolute Gasteiger partial charge is 0.497 e. The van der Waals surface area contributed by atoms with Crippen molar-refractivity contribution in [2.45, 2.75) is 64.7 Å². The molecular formula is C23H34N2O3. The van der Waals surface area contributed by atoms with Crippen LogP contribution in [0.25, 0.3) is 0 Å². The van der Waals surface area contributed by atoms with Gasteiger partial charge in [0.2, 0.25) is 0 Å². The number of rotatable bonds is 10. The summed E-state index contributed by atoms with van der Waals surface area (Å²) in [5.74, 6) is 0.274. The number of ether oxygens (including phenoxy) is 3. The summed E-state index contributed by atoms with van der Waals surface area (Å²) in [7, 11) is 1.69. The molecule has 2 heterocycles. The molecular weight excluding hydrogens is 352 g/mol. The lowest BCUT2D eigenvalue weighted by atomic mass is 9.79. The lowest BCUT2D eigenvalue weighted by molar-refractivity contribution is -0.309. The summed E-state index contributed by atoms with van der Waals surface area (Å²) in [6.07, 6.45) is 11.8. The van der Waals surface area contributed by atoms with E-state index in [-0.39, 0.29) is 5.41 Å². The second kappa shape index (κ2) is 9.57. The van der Waals surface area contributed by atoms with Crippen LogP contribution in [0, 0.1) is 5.41 Å². The van der Waals surface area contributed by atoms with Crippen LogP contribution in [-0.2, 0) is 22.4 Å². The number of benzene rings is 1. The summed E-state index contributed by atoms with van der Waals surface area (Å²) in [6.45, 7) is 6.86. The van der Waals surface area contributed by atoms with Crippen LogP contribution in [0.5, 0.6) is 5.75 Å². The van der Waals surface area contributed by atoms with E-state index < -0.39 is 5.79 Å². The van der Waals surface area contributed by atoms with Crippen LogP contribution in [0.2, 0.25) is 0 Å². The summed E-state index contributed by atoms with van der Waals surface area (Å²) < 4.78 is 20.5. The molecule has 1 aromatic carbocycles. The van der Waals surface area contributed by atoms with Crippen LogP contribution in [0.1, 0.15) is 51.5 Å². The maximum Gasteiger partial charge on any atom is 0.174 e. The number of imidazole rings is 1. The molecule has 0 bridgehead atoms. The van der Waals surface area contributed by atoms with Gasteiger partial charge in [-0.15, -0.1) is 0 Å². The Morgan fingerprint density at radius 1 is 1.04 bits per heavy atom. The van der Waals surface area contributed by atoms with Gasteiger partial charge in [-0.1, -0.05) is 38.8 Å². The molecule has 1 saturated heterocycles. The van der Waals surface area contributed by atoms with Gasteiger partial charge in [0, 0.05) is 37.2 Å². The quantitative estimate of drug-likeness (QED) is 0.585. The molecule has 3 rings (SSSR count).